The van der Waals surface area contributed by atoms with Crippen LogP contribution in [0.15, 0.2) is 24.5 Å². The van der Waals surface area contributed by atoms with E-state index in [1.807, 2.05) is 12.1 Å². The summed E-state index contributed by atoms with van der Waals surface area (Å²) in [6.07, 6.45) is 3.45. The number of rotatable bonds is 1. The minimum Gasteiger partial charge on any atom is -0.289 e. The van der Waals surface area contributed by atoms with Crippen molar-refractivity contribution < 1.29 is 0 Å². The second-order valence-electron chi connectivity index (χ2n) is 1.43. The predicted octanol–water partition coefficient (Wildman–Crippen LogP) is 0.947. The van der Waals surface area contributed by atoms with Gasteiger partial charge in [0.15, 0.2) is 0 Å². The van der Waals surface area contributed by atoms with E-state index in [4.69, 9.17) is 0 Å². The number of nitrogens with zero attached hydrogens (tertiary/aromatic N) is 2. The summed E-state index contributed by atoms with van der Waals surface area (Å²) in [6.45, 7) is 0. The molecule has 0 atom stereocenters. The van der Waals surface area contributed by atoms with Gasteiger partial charge in [-0.25, -0.2) is 0 Å². The molecular weight excluding hydrogens is 100 g/mol. The molecule has 0 aliphatic rings. The summed E-state index contributed by atoms with van der Waals surface area (Å²) in [4.78, 5) is 3.83. The van der Waals surface area contributed by atoms with Gasteiger partial charge in [0.25, 0.3) is 0 Å². The molecule has 0 unspecified atom stereocenters. The third kappa shape index (κ3) is 0.964. The van der Waals surface area contributed by atoms with Gasteiger partial charge in [-0.05, 0) is 12.1 Å². The fourth-order valence-electron chi connectivity index (χ4n) is 0.493. The highest BCUT2D eigenvalue weighted by atomic mass is 14.8. The molecule has 1 radical (unpaired) electrons. The van der Waals surface area contributed by atoms with Crippen LogP contribution in [0.5, 0.6) is 0 Å². The summed E-state index contributed by atoms with van der Waals surface area (Å²) in [5.41, 5.74) is 0.972. The third-order valence-corrected chi connectivity index (χ3v) is 0.921. The maximum absolute atomic E-state index is 3.93. The van der Waals surface area contributed by atoms with Crippen molar-refractivity contribution in [2.45, 2.75) is 0 Å². The predicted molar refractivity (Wildman–Crippen MR) is 32.0 cm³/mol. The molecule has 0 saturated heterocycles. The number of hydrogen-bond donors (Lipinski definition) is 0. The maximum Gasteiger partial charge on any atom is 0.0601 e. The molecule has 0 aromatic carbocycles. The number of hydrogen-bond acceptors (Lipinski definition) is 1. The molecule has 1 rings (SSSR count). The first-order valence-electron chi connectivity index (χ1n) is 2.43. The zero-order valence-electron chi connectivity index (χ0n) is 4.70. The standard InChI is InChI=1S/C6H7N2/c1-7-6-2-4-8-5-3-6/h2-5H,1H3. The first-order valence-corrected chi connectivity index (χ1v) is 2.43. The Morgan fingerprint density at radius 3 is 2.38 bits per heavy atom. The lowest BCUT2D eigenvalue weighted by Gasteiger charge is -1.90. The van der Waals surface area contributed by atoms with Gasteiger partial charge in [0.2, 0.25) is 0 Å². The molecule has 2 nitrogen and oxygen atoms in total. The van der Waals surface area contributed by atoms with Gasteiger partial charge in [-0.3, -0.25) is 10.3 Å². The van der Waals surface area contributed by atoms with Gasteiger partial charge in [-0.15, -0.1) is 0 Å². The van der Waals surface area contributed by atoms with Gasteiger partial charge in [-0.1, -0.05) is 0 Å². The van der Waals surface area contributed by atoms with E-state index < -0.39 is 0 Å². The second-order valence-corrected chi connectivity index (χ2v) is 1.43. The smallest absolute Gasteiger partial charge is 0.0601 e. The van der Waals surface area contributed by atoms with E-state index in [9.17, 15) is 0 Å². The van der Waals surface area contributed by atoms with E-state index >= 15 is 0 Å². The minimum atomic E-state index is 0.972. The molecule has 0 N–H and O–H groups in total. The monoisotopic (exact) mass is 107 g/mol. The van der Waals surface area contributed by atoms with Crippen molar-refractivity contribution in [2.24, 2.45) is 0 Å². The fraction of sp³-hybridized carbons (Fsp3) is 0.167. The maximum atomic E-state index is 3.93. The first kappa shape index (κ1) is 5.09. The van der Waals surface area contributed by atoms with Crippen molar-refractivity contribution in [3.05, 3.63) is 24.5 Å². The molecule has 0 bridgehead atoms. The van der Waals surface area contributed by atoms with E-state index in [2.05, 4.69) is 10.3 Å². The second kappa shape index (κ2) is 2.31. The summed E-state index contributed by atoms with van der Waals surface area (Å²) in [5.74, 6) is 0. The summed E-state index contributed by atoms with van der Waals surface area (Å²) < 4.78 is 0. The summed E-state index contributed by atoms with van der Waals surface area (Å²) in [6, 6.07) is 3.72. The van der Waals surface area contributed by atoms with Crippen LogP contribution in [0, 0.1) is 0 Å². The van der Waals surface area contributed by atoms with Crippen molar-refractivity contribution in [1.82, 2.24) is 10.3 Å². The van der Waals surface area contributed by atoms with Crippen LogP contribution in [0.1, 0.15) is 0 Å². The highest BCUT2D eigenvalue weighted by Gasteiger charge is 1.81. The van der Waals surface area contributed by atoms with E-state index in [-0.39, 0.29) is 0 Å². The van der Waals surface area contributed by atoms with Crippen LogP contribution in [0.4, 0.5) is 5.69 Å². The Hall–Kier alpha value is -1.05. The molecule has 2 heteroatoms. The quantitative estimate of drug-likeness (QED) is 0.524. The summed E-state index contributed by atoms with van der Waals surface area (Å²) >= 11 is 0. The Labute approximate surface area is 48.6 Å². The Kier molecular flexibility index (Phi) is 1.47. The van der Waals surface area contributed by atoms with Gasteiger partial charge in [-0.2, -0.15) is 0 Å². The van der Waals surface area contributed by atoms with E-state index in [1.165, 1.54) is 0 Å². The normalized spacial score (nSPS) is 8.62. The largest absolute Gasteiger partial charge is 0.289 e. The van der Waals surface area contributed by atoms with Crippen molar-refractivity contribution in [3.8, 4) is 0 Å². The molecule has 0 amide bonds. The topological polar surface area (TPSA) is 27.0 Å². The fourth-order valence-corrected chi connectivity index (χ4v) is 0.493. The van der Waals surface area contributed by atoms with Crippen molar-refractivity contribution >= 4 is 5.69 Å². The van der Waals surface area contributed by atoms with Crippen molar-refractivity contribution in [2.75, 3.05) is 7.05 Å². The van der Waals surface area contributed by atoms with Crippen LogP contribution in [0.3, 0.4) is 0 Å². The Morgan fingerprint density at radius 2 is 2.00 bits per heavy atom. The zero-order valence-corrected chi connectivity index (χ0v) is 4.70. The third-order valence-electron chi connectivity index (χ3n) is 0.921. The Bertz CT molecular complexity index is 148. The molecule has 1 aromatic rings. The van der Waals surface area contributed by atoms with Gasteiger partial charge < -0.3 is 0 Å². The minimum absolute atomic E-state index is 0.972. The molecule has 0 spiro atoms. The van der Waals surface area contributed by atoms with Crippen molar-refractivity contribution in [3.63, 3.8) is 0 Å². The van der Waals surface area contributed by atoms with Gasteiger partial charge in [0.05, 0.1) is 5.69 Å². The highest BCUT2D eigenvalue weighted by molar-refractivity contribution is 5.31. The Morgan fingerprint density at radius 1 is 1.38 bits per heavy atom. The number of pyridine rings is 1. The number of aromatic nitrogens is 1. The highest BCUT2D eigenvalue weighted by Crippen LogP contribution is 1.99. The van der Waals surface area contributed by atoms with Crippen LogP contribution in [-0.4, -0.2) is 12.0 Å². The zero-order chi connectivity index (χ0) is 5.82. The van der Waals surface area contributed by atoms with Gasteiger partial charge >= 0.3 is 0 Å². The lowest BCUT2D eigenvalue weighted by atomic mass is 10.4. The molecule has 0 fully saturated rings. The van der Waals surface area contributed by atoms with Gasteiger partial charge in [0.1, 0.15) is 0 Å². The summed E-state index contributed by atoms with van der Waals surface area (Å²) in [5, 5.41) is 3.93. The van der Waals surface area contributed by atoms with E-state index in [1.54, 1.807) is 19.4 Å². The lowest BCUT2D eigenvalue weighted by molar-refractivity contribution is 1.08. The Balaban J connectivity index is 2.83. The van der Waals surface area contributed by atoms with Crippen LogP contribution in [0.25, 0.3) is 0 Å². The average molecular weight is 107 g/mol. The molecule has 8 heavy (non-hydrogen) atoms. The molecule has 1 heterocycles. The van der Waals surface area contributed by atoms with Gasteiger partial charge in [0, 0.05) is 19.4 Å². The lowest BCUT2D eigenvalue weighted by Crippen LogP contribution is -1.84. The van der Waals surface area contributed by atoms with E-state index in [0.29, 0.717) is 0 Å². The van der Waals surface area contributed by atoms with Crippen LogP contribution < -0.4 is 5.32 Å². The van der Waals surface area contributed by atoms with Crippen LogP contribution in [-0.2, 0) is 0 Å². The van der Waals surface area contributed by atoms with Crippen LogP contribution in [0.2, 0.25) is 0 Å². The van der Waals surface area contributed by atoms with Crippen LogP contribution >= 0.6 is 0 Å². The van der Waals surface area contributed by atoms with E-state index in [0.717, 1.165) is 5.69 Å². The molecular formula is C6H7N2. The molecule has 41 valence electrons. The molecule has 1 aromatic heterocycles. The first-order chi connectivity index (χ1) is 3.93. The average Bonchev–Trinajstić information content (AvgIpc) is 1.90. The molecule has 0 aliphatic carbocycles. The molecule has 0 aliphatic heterocycles. The SMILES string of the molecule is C[N]c1ccncc1. The molecule has 0 saturated carbocycles. The van der Waals surface area contributed by atoms with Crippen molar-refractivity contribution in [1.29, 1.82) is 0 Å². The summed E-state index contributed by atoms with van der Waals surface area (Å²) in [7, 11) is 1.76.